The Balaban J connectivity index is 2.62. The molecule has 0 unspecified atom stereocenters. The van der Waals surface area contributed by atoms with Crippen molar-refractivity contribution in [2.24, 2.45) is 11.7 Å². The van der Waals surface area contributed by atoms with Gasteiger partial charge in [-0.05, 0) is 38.1 Å². The fourth-order valence-corrected chi connectivity index (χ4v) is 3.16. The zero-order chi connectivity index (χ0) is 16.0. The van der Waals surface area contributed by atoms with E-state index in [2.05, 4.69) is 13.8 Å². The summed E-state index contributed by atoms with van der Waals surface area (Å²) in [5.74, 6) is 0.650. The minimum absolute atomic E-state index is 0.0626. The lowest BCUT2D eigenvalue weighted by Crippen LogP contribution is -2.27. The van der Waals surface area contributed by atoms with Crippen LogP contribution in [-0.4, -0.2) is 45.0 Å². The van der Waals surface area contributed by atoms with Crippen molar-refractivity contribution in [3.8, 4) is 0 Å². The Hall–Kier alpha value is -1.40. The highest BCUT2D eigenvalue weighted by Gasteiger charge is 2.15. The lowest BCUT2D eigenvalue weighted by Gasteiger charge is -2.17. The summed E-state index contributed by atoms with van der Waals surface area (Å²) < 4.78 is 24.5. The molecule has 1 aromatic rings. The Morgan fingerprint density at radius 1 is 1.24 bits per heavy atom. The summed E-state index contributed by atoms with van der Waals surface area (Å²) in [5, 5.41) is 7.30. The van der Waals surface area contributed by atoms with E-state index in [1.165, 1.54) is 12.1 Å². The molecule has 0 fully saturated rings. The molecule has 0 aromatic heterocycles. The van der Waals surface area contributed by atoms with Crippen LogP contribution in [-0.2, 0) is 9.84 Å². The highest BCUT2D eigenvalue weighted by molar-refractivity contribution is 7.91. The van der Waals surface area contributed by atoms with E-state index in [4.69, 9.17) is 11.1 Å². The van der Waals surface area contributed by atoms with Gasteiger partial charge < -0.3 is 10.6 Å². The first-order chi connectivity index (χ1) is 9.72. The standard InChI is InChI=1S/C15H25N3O2S/c1-12(2)8-9-18(3)10-11-21(19,20)14-6-4-13(5-7-14)15(16)17/h4-7,12H,8-11H2,1-3H3,(H3,16,17). The zero-order valence-corrected chi connectivity index (χ0v) is 13.8. The summed E-state index contributed by atoms with van der Waals surface area (Å²) in [4.78, 5) is 2.33. The summed E-state index contributed by atoms with van der Waals surface area (Å²) in [6.45, 7) is 5.72. The number of rotatable bonds is 8. The molecule has 0 heterocycles. The van der Waals surface area contributed by atoms with Crippen LogP contribution in [0.4, 0.5) is 0 Å². The molecule has 0 bridgehead atoms. The Morgan fingerprint density at radius 3 is 2.29 bits per heavy atom. The van der Waals surface area contributed by atoms with Gasteiger partial charge >= 0.3 is 0 Å². The van der Waals surface area contributed by atoms with Gasteiger partial charge in [-0.15, -0.1) is 0 Å². The average molecular weight is 311 g/mol. The van der Waals surface area contributed by atoms with Crippen LogP contribution < -0.4 is 5.73 Å². The minimum atomic E-state index is -3.29. The number of amidine groups is 1. The molecule has 0 radical (unpaired) electrons. The number of hydrogen-bond acceptors (Lipinski definition) is 4. The number of nitrogens with zero attached hydrogens (tertiary/aromatic N) is 1. The molecule has 0 amide bonds. The molecule has 1 rings (SSSR count). The number of hydrogen-bond donors (Lipinski definition) is 2. The second kappa shape index (κ2) is 7.56. The molecule has 0 aliphatic rings. The molecule has 0 spiro atoms. The van der Waals surface area contributed by atoms with Crippen molar-refractivity contribution in [2.45, 2.75) is 25.2 Å². The topological polar surface area (TPSA) is 87.2 Å². The second-order valence-electron chi connectivity index (χ2n) is 5.74. The van der Waals surface area contributed by atoms with Crippen molar-refractivity contribution in [3.05, 3.63) is 29.8 Å². The second-order valence-corrected chi connectivity index (χ2v) is 7.85. The molecule has 0 atom stereocenters. The molecule has 0 aliphatic heterocycles. The van der Waals surface area contributed by atoms with Crippen LogP contribution in [0.3, 0.4) is 0 Å². The van der Waals surface area contributed by atoms with Crippen molar-refractivity contribution >= 4 is 15.7 Å². The maximum Gasteiger partial charge on any atom is 0.179 e. The molecule has 5 nitrogen and oxygen atoms in total. The Kier molecular flexibility index (Phi) is 6.36. The van der Waals surface area contributed by atoms with Crippen molar-refractivity contribution in [2.75, 3.05) is 25.9 Å². The predicted molar refractivity (Wildman–Crippen MR) is 86.5 cm³/mol. The average Bonchev–Trinajstić information content (AvgIpc) is 2.43. The summed E-state index contributed by atoms with van der Waals surface area (Å²) in [5.41, 5.74) is 5.89. The van der Waals surface area contributed by atoms with Crippen LogP contribution >= 0.6 is 0 Å². The Labute approximate surface area is 127 Å². The van der Waals surface area contributed by atoms with E-state index in [0.717, 1.165) is 13.0 Å². The summed E-state index contributed by atoms with van der Waals surface area (Å²) in [6, 6.07) is 6.16. The molecule has 21 heavy (non-hydrogen) atoms. The largest absolute Gasteiger partial charge is 0.384 e. The lowest BCUT2D eigenvalue weighted by atomic mass is 10.1. The van der Waals surface area contributed by atoms with Crippen molar-refractivity contribution in [1.29, 1.82) is 5.41 Å². The van der Waals surface area contributed by atoms with Gasteiger partial charge in [0.25, 0.3) is 0 Å². The molecular weight excluding hydrogens is 286 g/mol. The van der Waals surface area contributed by atoms with E-state index in [0.29, 0.717) is 18.0 Å². The number of nitrogen functional groups attached to an aromatic ring is 1. The number of nitrogens with two attached hydrogens (primary N) is 1. The van der Waals surface area contributed by atoms with Gasteiger partial charge in [0, 0.05) is 12.1 Å². The minimum Gasteiger partial charge on any atom is -0.384 e. The molecule has 6 heteroatoms. The van der Waals surface area contributed by atoms with Crippen LogP contribution in [0.25, 0.3) is 0 Å². The summed E-state index contributed by atoms with van der Waals surface area (Å²) in [6.07, 6.45) is 1.06. The normalized spacial score (nSPS) is 12.0. The van der Waals surface area contributed by atoms with Crippen molar-refractivity contribution in [3.63, 3.8) is 0 Å². The number of nitrogens with one attached hydrogen (secondary N) is 1. The van der Waals surface area contributed by atoms with Crippen LogP contribution in [0.15, 0.2) is 29.2 Å². The van der Waals surface area contributed by atoms with Gasteiger partial charge in [-0.2, -0.15) is 0 Å². The van der Waals surface area contributed by atoms with Gasteiger partial charge in [-0.25, -0.2) is 8.42 Å². The molecular formula is C15H25N3O2S. The summed E-state index contributed by atoms with van der Waals surface area (Å²) in [7, 11) is -1.35. The van der Waals surface area contributed by atoms with Gasteiger partial charge in [-0.1, -0.05) is 26.0 Å². The molecule has 3 N–H and O–H groups in total. The van der Waals surface area contributed by atoms with E-state index in [-0.39, 0.29) is 16.5 Å². The third-order valence-corrected chi connectivity index (χ3v) is 5.06. The molecule has 0 aliphatic carbocycles. The van der Waals surface area contributed by atoms with E-state index in [1.807, 2.05) is 11.9 Å². The van der Waals surface area contributed by atoms with E-state index < -0.39 is 9.84 Å². The van der Waals surface area contributed by atoms with Crippen LogP contribution in [0.5, 0.6) is 0 Å². The fourth-order valence-electron chi connectivity index (χ4n) is 1.83. The van der Waals surface area contributed by atoms with E-state index >= 15 is 0 Å². The molecule has 118 valence electrons. The monoisotopic (exact) mass is 311 g/mol. The zero-order valence-electron chi connectivity index (χ0n) is 13.0. The smallest absolute Gasteiger partial charge is 0.179 e. The summed E-state index contributed by atoms with van der Waals surface area (Å²) >= 11 is 0. The maximum atomic E-state index is 12.2. The van der Waals surface area contributed by atoms with Gasteiger partial charge in [0.05, 0.1) is 10.6 Å². The van der Waals surface area contributed by atoms with Crippen molar-refractivity contribution in [1.82, 2.24) is 4.90 Å². The van der Waals surface area contributed by atoms with Crippen molar-refractivity contribution < 1.29 is 8.42 Å². The first kappa shape index (κ1) is 17.7. The molecule has 0 saturated carbocycles. The van der Waals surface area contributed by atoms with Crippen LogP contribution in [0.1, 0.15) is 25.8 Å². The lowest BCUT2D eigenvalue weighted by molar-refractivity contribution is 0.326. The third kappa shape index (κ3) is 5.85. The van der Waals surface area contributed by atoms with Crippen LogP contribution in [0, 0.1) is 11.3 Å². The number of benzene rings is 1. The van der Waals surface area contributed by atoms with Gasteiger partial charge in [-0.3, -0.25) is 5.41 Å². The fraction of sp³-hybridized carbons (Fsp3) is 0.533. The molecule has 1 aromatic carbocycles. The SMILES string of the molecule is CC(C)CCN(C)CCS(=O)(=O)c1ccc(C(=N)N)cc1. The first-order valence-corrected chi connectivity index (χ1v) is 8.73. The first-order valence-electron chi connectivity index (χ1n) is 7.08. The van der Waals surface area contributed by atoms with Crippen LogP contribution in [0.2, 0.25) is 0 Å². The third-order valence-electron chi connectivity index (χ3n) is 3.35. The highest BCUT2D eigenvalue weighted by Crippen LogP contribution is 2.13. The van der Waals surface area contributed by atoms with Gasteiger partial charge in [0.2, 0.25) is 0 Å². The Morgan fingerprint density at radius 2 is 1.81 bits per heavy atom. The van der Waals surface area contributed by atoms with E-state index in [9.17, 15) is 8.42 Å². The van der Waals surface area contributed by atoms with Gasteiger partial charge in [0.15, 0.2) is 9.84 Å². The highest BCUT2D eigenvalue weighted by atomic mass is 32.2. The quantitative estimate of drug-likeness (QED) is 0.565. The Bertz CT molecular complexity index is 565. The van der Waals surface area contributed by atoms with Gasteiger partial charge in [0.1, 0.15) is 5.84 Å². The number of sulfone groups is 1. The van der Waals surface area contributed by atoms with E-state index in [1.54, 1.807) is 12.1 Å². The maximum absolute atomic E-state index is 12.2. The molecule has 0 saturated heterocycles. The predicted octanol–water partition coefficient (Wildman–Crippen LogP) is 1.72.